The van der Waals surface area contributed by atoms with Gasteiger partial charge in [-0.15, -0.1) is 0 Å². The molecule has 0 amide bonds. The van der Waals surface area contributed by atoms with Crippen LogP contribution in [0.1, 0.15) is 29.4 Å². The van der Waals surface area contributed by atoms with E-state index in [9.17, 15) is 20.0 Å². The molecule has 0 bridgehead atoms. The fourth-order valence-corrected chi connectivity index (χ4v) is 5.23. The van der Waals surface area contributed by atoms with E-state index in [-0.39, 0.29) is 6.61 Å². The summed E-state index contributed by atoms with van der Waals surface area (Å²) in [6.45, 7) is 1.92. The molecular formula is C20H18N2O5S. The van der Waals surface area contributed by atoms with Crippen molar-refractivity contribution < 1.29 is 19.6 Å². The van der Waals surface area contributed by atoms with E-state index in [0.717, 1.165) is 5.56 Å². The van der Waals surface area contributed by atoms with Gasteiger partial charge in [-0.3, -0.25) is 10.1 Å². The Kier molecular flexibility index (Phi) is 4.82. The lowest BCUT2D eigenvalue weighted by molar-refractivity contribution is -0.536. The predicted molar refractivity (Wildman–Crippen MR) is 105 cm³/mol. The highest BCUT2D eigenvalue weighted by Gasteiger charge is 2.48. The molecule has 2 heterocycles. The molecule has 8 heteroatoms. The van der Waals surface area contributed by atoms with Crippen LogP contribution in [-0.2, 0) is 4.74 Å². The summed E-state index contributed by atoms with van der Waals surface area (Å²) in [5.41, 5.74) is 1.69. The topological polar surface area (TPSA) is 94.6 Å². The molecule has 28 heavy (non-hydrogen) atoms. The molecule has 0 saturated carbocycles. The number of nitrogens with zero attached hydrogens (tertiary/aromatic N) is 2. The molecule has 0 unspecified atom stereocenters. The molecule has 2 aromatic carbocycles. The molecule has 3 aromatic rings. The molecule has 0 fully saturated rings. The van der Waals surface area contributed by atoms with Gasteiger partial charge >= 0.3 is 6.09 Å². The summed E-state index contributed by atoms with van der Waals surface area (Å²) in [5, 5.41) is 23.4. The van der Waals surface area contributed by atoms with E-state index in [0.29, 0.717) is 21.5 Å². The fraction of sp³-hybridized carbons (Fsp3) is 0.250. The number of aromatic nitrogens is 1. The van der Waals surface area contributed by atoms with Gasteiger partial charge in [0.2, 0.25) is 0 Å². The molecule has 7 nitrogen and oxygen atoms in total. The van der Waals surface area contributed by atoms with Crippen LogP contribution in [0.15, 0.2) is 59.6 Å². The molecule has 0 saturated heterocycles. The van der Waals surface area contributed by atoms with Gasteiger partial charge in [0, 0.05) is 15.9 Å². The third kappa shape index (κ3) is 2.85. The number of hydrogen-bond donors (Lipinski definition) is 1. The van der Waals surface area contributed by atoms with Gasteiger partial charge in [-0.1, -0.05) is 60.3 Å². The number of thioether (sulfide) groups is 1. The monoisotopic (exact) mass is 398 g/mol. The number of aliphatic hydroxyl groups is 1. The summed E-state index contributed by atoms with van der Waals surface area (Å²) in [6, 6.07) is 14.8. The second kappa shape index (κ2) is 7.29. The molecule has 4 rings (SSSR count). The number of hydrogen-bond acceptors (Lipinski definition) is 6. The number of aliphatic hydroxyl groups excluding tert-OH is 1. The normalized spacial score (nSPS) is 21.3. The minimum absolute atomic E-state index is 0.201. The van der Waals surface area contributed by atoms with Crippen LogP contribution in [0.5, 0.6) is 0 Å². The molecule has 0 spiro atoms. The van der Waals surface area contributed by atoms with Gasteiger partial charge < -0.3 is 9.84 Å². The van der Waals surface area contributed by atoms with Crippen LogP contribution in [0.4, 0.5) is 4.79 Å². The average molecular weight is 398 g/mol. The lowest BCUT2D eigenvalue weighted by Gasteiger charge is -2.30. The van der Waals surface area contributed by atoms with Crippen molar-refractivity contribution in [3.05, 3.63) is 75.8 Å². The smallest absolute Gasteiger partial charge is 0.419 e. The van der Waals surface area contributed by atoms with E-state index in [1.54, 1.807) is 55.5 Å². The van der Waals surface area contributed by atoms with Gasteiger partial charge in [0.25, 0.3) is 6.04 Å². The Morgan fingerprint density at radius 2 is 1.89 bits per heavy atom. The van der Waals surface area contributed by atoms with Crippen molar-refractivity contribution in [2.75, 3.05) is 6.61 Å². The van der Waals surface area contributed by atoms with Gasteiger partial charge in [0.1, 0.15) is 5.25 Å². The first-order chi connectivity index (χ1) is 13.5. The molecular weight excluding hydrogens is 380 g/mol. The first-order valence-corrected chi connectivity index (χ1v) is 9.76. The molecule has 144 valence electrons. The first-order valence-electron chi connectivity index (χ1n) is 8.88. The predicted octanol–water partition coefficient (Wildman–Crippen LogP) is 4.17. The summed E-state index contributed by atoms with van der Waals surface area (Å²) >= 11 is 1.22. The first kappa shape index (κ1) is 18.5. The lowest BCUT2D eigenvalue weighted by Crippen LogP contribution is -2.36. The van der Waals surface area contributed by atoms with Crippen molar-refractivity contribution in [1.82, 2.24) is 4.57 Å². The molecule has 1 aliphatic rings. The maximum absolute atomic E-state index is 12.7. The standard InChI is InChI=1S/C20H18N2O5S/c1-2-27-20(24)21-14-11-7-6-10-13(14)15-17(23)16(22(25)26)18(28-19(15)21)12-8-4-3-5-9-12/h3-11,16-18,23H,2H2,1H3/t16-,17-,18+/m0/s1. The van der Waals surface area contributed by atoms with E-state index in [1.165, 1.54) is 16.3 Å². The van der Waals surface area contributed by atoms with Crippen LogP contribution >= 0.6 is 11.8 Å². The highest BCUT2D eigenvalue weighted by Crippen LogP contribution is 2.53. The number of benzene rings is 2. The average Bonchev–Trinajstić information content (AvgIpc) is 3.03. The van der Waals surface area contributed by atoms with E-state index < -0.39 is 28.4 Å². The van der Waals surface area contributed by atoms with Crippen molar-refractivity contribution in [3.63, 3.8) is 0 Å². The number of ether oxygens (including phenoxy) is 1. The van der Waals surface area contributed by atoms with Crippen molar-refractivity contribution in [1.29, 1.82) is 0 Å². The number of para-hydroxylation sites is 1. The third-order valence-electron chi connectivity index (χ3n) is 4.86. The summed E-state index contributed by atoms with van der Waals surface area (Å²) in [4.78, 5) is 24.1. The van der Waals surface area contributed by atoms with Gasteiger partial charge in [-0.25, -0.2) is 9.36 Å². The molecule has 3 atom stereocenters. The summed E-state index contributed by atoms with van der Waals surface area (Å²) in [7, 11) is 0. The zero-order valence-corrected chi connectivity index (χ0v) is 15.8. The van der Waals surface area contributed by atoms with Gasteiger partial charge in [0.15, 0.2) is 6.10 Å². The molecule has 1 N–H and O–H groups in total. The maximum Gasteiger partial charge on any atom is 0.419 e. The quantitative estimate of drug-likeness (QED) is 0.526. The summed E-state index contributed by atoms with van der Waals surface area (Å²) < 4.78 is 6.62. The largest absolute Gasteiger partial charge is 0.449 e. The van der Waals surface area contributed by atoms with Crippen LogP contribution in [0.2, 0.25) is 0 Å². The van der Waals surface area contributed by atoms with Crippen LogP contribution in [-0.4, -0.2) is 33.3 Å². The van der Waals surface area contributed by atoms with E-state index in [2.05, 4.69) is 0 Å². The Bertz CT molecular complexity index is 1050. The zero-order valence-electron chi connectivity index (χ0n) is 15.0. The highest BCUT2D eigenvalue weighted by atomic mass is 32.2. The second-order valence-electron chi connectivity index (χ2n) is 6.44. The number of nitro groups is 1. The Hall–Kier alpha value is -2.84. The molecule has 0 aliphatic carbocycles. The van der Waals surface area contributed by atoms with Crippen molar-refractivity contribution in [2.24, 2.45) is 0 Å². The van der Waals surface area contributed by atoms with E-state index >= 15 is 0 Å². The van der Waals surface area contributed by atoms with Crippen LogP contribution in [0, 0.1) is 10.1 Å². The minimum atomic E-state index is -1.35. The van der Waals surface area contributed by atoms with E-state index in [4.69, 9.17) is 4.74 Å². The molecule has 1 aliphatic heterocycles. The second-order valence-corrected chi connectivity index (χ2v) is 7.57. The maximum atomic E-state index is 12.7. The number of rotatable bonds is 3. The number of carbonyl (C=O) groups is 1. The summed E-state index contributed by atoms with van der Waals surface area (Å²) in [6.07, 6.45) is -1.91. The minimum Gasteiger partial charge on any atom is -0.449 e. The Labute approximate surface area is 165 Å². The Balaban J connectivity index is 1.96. The summed E-state index contributed by atoms with van der Waals surface area (Å²) in [5.74, 6) is 0. The molecule has 0 radical (unpaired) electrons. The number of carbonyl (C=O) groups excluding carboxylic acids is 1. The van der Waals surface area contributed by atoms with Crippen LogP contribution in [0.3, 0.4) is 0 Å². The van der Waals surface area contributed by atoms with Gasteiger partial charge in [-0.2, -0.15) is 0 Å². The van der Waals surface area contributed by atoms with Crippen molar-refractivity contribution in [2.45, 2.75) is 29.3 Å². The third-order valence-corrected chi connectivity index (χ3v) is 6.29. The van der Waals surface area contributed by atoms with Gasteiger partial charge in [-0.05, 0) is 18.6 Å². The van der Waals surface area contributed by atoms with E-state index in [1.807, 2.05) is 6.07 Å². The van der Waals surface area contributed by atoms with Crippen molar-refractivity contribution >= 4 is 28.8 Å². The fourth-order valence-electron chi connectivity index (χ4n) is 3.67. The molecule has 1 aromatic heterocycles. The Morgan fingerprint density at radius 1 is 1.21 bits per heavy atom. The zero-order chi connectivity index (χ0) is 19.8. The lowest BCUT2D eigenvalue weighted by atomic mass is 9.95. The SMILES string of the molecule is CCOC(=O)n1c2c(c3ccccc31)[C@H](O)[C@H]([N+](=O)[O-])[C@@H](c1ccccc1)S2. The highest BCUT2D eigenvalue weighted by molar-refractivity contribution is 7.99. The number of fused-ring (bicyclic) bond motifs is 3. The van der Waals surface area contributed by atoms with Crippen LogP contribution in [0.25, 0.3) is 10.9 Å². The van der Waals surface area contributed by atoms with Gasteiger partial charge in [0.05, 0.1) is 17.1 Å². The van der Waals surface area contributed by atoms with Crippen LogP contribution < -0.4 is 0 Å². The van der Waals surface area contributed by atoms with Crippen molar-refractivity contribution in [3.8, 4) is 0 Å². The Morgan fingerprint density at radius 3 is 2.57 bits per heavy atom.